The highest BCUT2D eigenvalue weighted by molar-refractivity contribution is 8.01. The smallest absolute Gasteiger partial charge is 0.263 e. The fourth-order valence-corrected chi connectivity index (χ4v) is 5.84. The molecule has 0 aromatic carbocycles. The molecule has 1 atom stereocenters. The lowest BCUT2D eigenvalue weighted by Crippen LogP contribution is -2.52. The largest absolute Gasteiger partial charge is 0.340 e. The number of rotatable bonds is 4. The lowest BCUT2D eigenvalue weighted by molar-refractivity contribution is -0.147. The van der Waals surface area contributed by atoms with Crippen molar-refractivity contribution in [2.75, 3.05) is 25.4 Å². The van der Waals surface area contributed by atoms with Gasteiger partial charge in [0.05, 0.1) is 14.5 Å². The van der Waals surface area contributed by atoms with E-state index in [0.29, 0.717) is 13.1 Å². The molecule has 0 N–H and O–H groups in total. The van der Waals surface area contributed by atoms with E-state index in [9.17, 15) is 9.59 Å². The van der Waals surface area contributed by atoms with E-state index >= 15 is 0 Å². The van der Waals surface area contributed by atoms with Crippen molar-refractivity contribution in [3.05, 3.63) is 17.0 Å². The summed E-state index contributed by atoms with van der Waals surface area (Å²) in [5.74, 6) is 1.36. The molecule has 6 heteroatoms. The lowest BCUT2D eigenvalue weighted by atomic mass is 9.78. The summed E-state index contributed by atoms with van der Waals surface area (Å²) in [6.07, 6.45) is 2.77. The quantitative estimate of drug-likeness (QED) is 0.763. The molecule has 1 aromatic heterocycles. The molecule has 24 heavy (non-hydrogen) atoms. The van der Waals surface area contributed by atoms with Gasteiger partial charge in [-0.3, -0.25) is 9.59 Å². The van der Waals surface area contributed by atoms with Gasteiger partial charge in [0, 0.05) is 25.7 Å². The Balaban J connectivity index is 1.72. The van der Waals surface area contributed by atoms with Crippen molar-refractivity contribution in [1.82, 2.24) is 9.80 Å². The zero-order chi connectivity index (χ0) is 17.3. The minimum atomic E-state index is -0.337. The topological polar surface area (TPSA) is 40.6 Å². The number of carbonyl (C=O) groups excluding carboxylic acids is 2. The van der Waals surface area contributed by atoms with Crippen molar-refractivity contribution >= 4 is 34.9 Å². The standard InChI is InChI=1S/C18H26N2O2S2/c1-4-23-15-7-6-14(24-15)16(21)19-11-9-18(12-19)8-5-10-20(13(2)3)17(18)22/h6-7,13H,4-5,8-12H2,1-3H3/t18-/m1/s1. The Bertz CT molecular complexity index is 628. The van der Waals surface area contributed by atoms with Crippen LogP contribution in [0.4, 0.5) is 0 Å². The predicted molar refractivity (Wildman–Crippen MR) is 99.8 cm³/mol. The third-order valence-electron chi connectivity index (χ3n) is 5.11. The second kappa shape index (κ2) is 7.08. The first-order valence-electron chi connectivity index (χ1n) is 8.80. The van der Waals surface area contributed by atoms with Gasteiger partial charge in [-0.2, -0.15) is 0 Å². The van der Waals surface area contributed by atoms with Gasteiger partial charge in [0.25, 0.3) is 5.91 Å². The molecule has 2 amide bonds. The van der Waals surface area contributed by atoms with Crippen molar-refractivity contribution in [2.45, 2.75) is 50.3 Å². The second-order valence-corrected chi connectivity index (χ2v) is 9.65. The van der Waals surface area contributed by atoms with Gasteiger partial charge >= 0.3 is 0 Å². The minimum Gasteiger partial charge on any atom is -0.340 e. The van der Waals surface area contributed by atoms with Crippen LogP contribution in [-0.2, 0) is 4.79 Å². The van der Waals surface area contributed by atoms with Crippen LogP contribution in [0.1, 0.15) is 49.7 Å². The van der Waals surface area contributed by atoms with Crippen LogP contribution in [0.25, 0.3) is 0 Å². The van der Waals surface area contributed by atoms with Crippen LogP contribution < -0.4 is 0 Å². The average molecular weight is 367 g/mol. The summed E-state index contributed by atoms with van der Waals surface area (Å²) in [4.78, 5) is 30.5. The zero-order valence-electron chi connectivity index (χ0n) is 14.7. The van der Waals surface area contributed by atoms with Gasteiger partial charge in [-0.25, -0.2) is 0 Å². The summed E-state index contributed by atoms with van der Waals surface area (Å²) in [6, 6.07) is 4.20. The predicted octanol–water partition coefficient (Wildman–Crippen LogP) is 3.72. The van der Waals surface area contributed by atoms with E-state index < -0.39 is 0 Å². The maximum atomic E-state index is 13.0. The van der Waals surface area contributed by atoms with E-state index in [-0.39, 0.29) is 23.3 Å². The number of likely N-dealkylation sites (tertiary alicyclic amines) is 2. The van der Waals surface area contributed by atoms with Crippen LogP contribution in [0.2, 0.25) is 0 Å². The van der Waals surface area contributed by atoms with Crippen LogP contribution in [0, 0.1) is 5.41 Å². The normalized spacial score (nSPS) is 24.4. The number of amides is 2. The maximum Gasteiger partial charge on any atom is 0.263 e. The molecule has 0 unspecified atom stereocenters. The average Bonchev–Trinajstić information content (AvgIpc) is 3.18. The van der Waals surface area contributed by atoms with E-state index in [2.05, 4.69) is 20.8 Å². The molecule has 1 spiro atoms. The highest BCUT2D eigenvalue weighted by atomic mass is 32.2. The third-order valence-corrected chi connectivity index (χ3v) is 7.29. The van der Waals surface area contributed by atoms with Gasteiger partial charge in [-0.15, -0.1) is 23.1 Å². The molecule has 0 bridgehead atoms. The van der Waals surface area contributed by atoms with Gasteiger partial charge in [0.1, 0.15) is 0 Å². The Morgan fingerprint density at radius 3 is 2.83 bits per heavy atom. The Morgan fingerprint density at radius 1 is 1.33 bits per heavy atom. The molecule has 132 valence electrons. The van der Waals surface area contributed by atoms with Crippen molar-refractivity contribution in [3.8, 4) is 0 Å². The first-order valence-corrected chi connectivity index (χ1v) is 10.6. The molecular formula is C18H26N2O2S2. The number of thiophene rings is 1. The fraction of sp³-hybridized carbons (Fsp3) is 0.667. The third kappa shape index (κ3) is 3.23. The summed E-state index contributed by atoms with van der Waals surface area (Å²) < 4.78 is 1.19. The SMILES string of the molecule is CCSc1ccc(C(=O)N2CC[C@]3(CCCN(C(C)C)C3=O)C2)s1. The number of carbonyl (C=O) groups is 2. The highest BCUT2D eigenvalue weighted by Crippen LogP contribution is 2.41. The van der Waals surface area contributed by atoms with E-state index in [1.807, 2.05) is 21.9 Å². The number of thioether (sulfide) groups is 1. The molecule has 2 fully saturated rings. The number of piperidine rings is 1. The summed E-state index contributed by atoms with van der Waals surface area (Å²) in [6.45, 7) is 8.41. The van der Waals surface area contributed by atoms with Crippen molar-refractivity contribution in [3.63, 3.8) is 0 Å². The van der Waals surface area contributed by atoms with Crippen LogP contribution >= 0.6 is 23.1 Å². The molecule has 1 aromatic rings. The summed E-state index contributed by atoms with van der Waals surface area (Å²) in [5, 5.41) is 0. The molecule has 2 aliphatic rings. The Labute approximate surface area is 152 Å². The lowest BCUT2D eigenvalue weighted by Gasteiger charge is -2.41. The molecule has 0 saturated carbocycles. The second-order valence-electron chi connectivity index (χ2n) is 7.00. The molecule has 4 nitrogen and oxygen atoms in total. The monoisotopic (exact) mass is 366 g/mol. The van der Waals surface area contributed by atoms with Crippen molar-refractivity contribution in [1.29, 1.82) is 0 Å². The van der Waals surface area contributed by atoms with E-state index in [1.165, 1.54) is 4.21 Å². The molecule has 0 aliphatic carbocycles. The van der Waals surface area contributed by atoms with Crippen LogP contribution in [0.5, 0.6) is 0 Å². The van der Waals surface area contributed by atoms with E-state index in [0.717, 1.165) is 36.4 Å². The van der Waals surface area contributed by atoms with Crippen LogP contribution in [0.15, 0.2) is 16.3 Å². The van der Waals surface area contributed by atoms with Crippen molar-refractivity contribution in [2.24, 2.45) is 5.41 Å². The number of hydrogen-bond donors (Lipinski definition) is 0. The Morgan fingerprint density at radius 2 is 2.12 bits per heavy atom. The van der Waals surface area contributed by atoms with Gasteiger partial charge in [0.2, 0.25) is 5.91 Å². The number of nitrogens with zero attached hydrogens (tertiary/aromatic N) is 2. The van der Waals surface area contributed by atoms with Gasteiger partial charge in [-0.1, -0.05) is 6.92 Å². The van der Waals surface area contributed by atoms with E-state index in [1.54, 1.807) is 23.1 Å². The summed E-state index contributed by atoms with van der Waals surface area (Å²) in [7, 11) is 0. The molecule has 3 heterocycles. The van der Waals surface area contributed by atoms with Gasteiger partial charge in [-0.05, 0) is 51.0 Å². The first kappa shape index (κ1) is 17.8. The first-order chi connectivity index (χ1) is 11.5. The molecule has 3 rings (SSSR count). The number of hydrogen-bond acceptors (Lipinski definition) is 4. The molecular weight excluding hydrogens is 340 g/mol. The molecule has 2 aliphatic heterocycles. The Hall–Kier alpha value is -1.01. The zero-order valence-corrected chi connectivity index (χ0v) is 16.3. The fourth-order valence-electron chi connectivity index (χ4n) is 3.83. The summed E-state index contributed by atoms with van der Waals surface area (Å²) in [5.41, 5.74) is -0.337. The van der Waals surface area contributed by atoms with Gasteiger partial charge in [0.15, 0.2) is 0 Å². The van der Waals surface area contributed by atoms with Crippen LogP contribution in [0.3, 0.4) is 0 Å². The summed E-state index contributed by atoms with van der Waals surface area (Å²) >= 11 is 3.34. The minimum absolute atomic E-state index is 0.0919. The van der Waals surface area contributed by atoms with Gasteiger partial charge < -0.3 is 9.80 Å². The highest BCUT2D eigenvalue weighted by Gasteiger charge is 2.49. The molecule has 2 saturated heterocycles. The molecule has 0 radical (unpaired) electrons. The van der Waals surface area contributed by atoms with Crippen LogP contribution in [-0.4, -0.2) is 53.0 Å². The Kier molecular flexibility index (Phi) is 5.25. The van der Waals surface area contributed by atoms with Crippen molar-refractivity contribution < 1.29 is 9.59 Å². The van der Waals surface area contributed by atoms with E-state index in [4.69, 9.17) is 0 Å². The maximum absolute atomic E-state index is 13.0.